The van der Waals surface area contributed by atoms with Crippen LogP contribution < -0.4 is 5.32 Å². The van der Waals surface area contributed by atoms with Gasteiger partial charge in [-0.25, -0.2) is 9.18 Å². The summed E-state index contributed by atoms with van der Waals surface area (Å²) in [5.74, 6) is -1.35. The van der Waals surface area contributed by atoms with Crippen LogP contribution in [0.2, 0.25) is 8.67 Å². The van der Waals surface area contributed by atoms with Crippen molar-refractivity contribution in [3.63, 3.8) is 0 Å². The van der Waals surface area contributed by atoms with Crippen molar-refractivity contribution in [2.24, 2.45) is 0 Å². The predicted molar refractivity (Wildman–Crippen MR) is 84.1 cm³/mol. The summed E-state index contributed by atoms with van der Waals surface area (Å²) >= 11 is 13.3. The second-order valence-electron chi connectivity index (χ2n) is 4.33. The highest BCUT2D eigenvalue weighted by atomic mass is 35.5. The highest BCUT2D eigenvalue weighted by Gasteiger charge is 2.16. The zero-order valence-electron chi connectivity index (χ0n) is 11.2. The van der Waals surface area contributed by atoms with E-state index in [2.05, 4.69) is 10.1 Å². The maximum Gasteiger partial charge on any atom is 0.340 e. The molecular weight excluding hydrogens is 336 g/mol. The fraction of sp³-hybridized carbons (Fsp3) is 0.214. The maximum atomic E-state index is 13.6. The number of nitrogens with one attached hydrogen (secondary N) is 1. The van der Waals surface area contributed by atoms with Crippen LogP contribution in [0.3, 0.4) is 0 Å². The molecule has 2 rings (SSSR count). The Hall–Kier alpha value is -1.30. The van der Waals surface area contributed by atoms with E-state index in [4.69, 9.17) is 23.2 Å². The van der Waals surface area contributed by atoms with Gasteiger partial charge in [0.05, 0.1) is 27.4 Å². The van der Waals surface area contributed by atoms with Gasteiger partial charge in [0.15, 0.2) is 0 Å². The number of benzene rings is 1. The number of esters is 1. The van der Waals surface area contributed by atoms with Crippen LogP contribution in [0.4, 0.5) is 10.1 Å². The molecule has 0 spiro atoms. The standard InChI is InChI=1S/C14H12Cl2FNO2S/c1-7(9-6-12(15)21-13(9)16)18-8-3-4-11(17)10(5-8)14(19)20-2/h3-7,18H,1-2H3. The Morgan fingerprint density at radius 1 is 1.38 bits per heavy atom. The summed E-state index contributed by atoms with van der Waals surface area (Å²) < 4.78 is 19.3. The van der Waals surface area contributed by atoms with Crippen molar-refractivity contribution in [1.29, 1.82) is 0 Å². The largest absolute Gasteiger partial charge is 0.465 e. The number of ether oxygens (including phenoxy) is 1. The first kappa shape index (κ1) is 16.1. The zero-order chi connectivity index (χ0) is 15.6. The number of hydrogen-bond acceptors (Lipinski definition) is 4. The molecule has 0 fully saturated rings. The van der Waals surface area contributed by atoms with Gasteiger partial charge in [0.25, 0.3) is 0 Å². The van der Waals surface area contributed by atoms with E-state index in [0.29, 0.717) is 14.4 Å². The van der Waals surface area contributed by atoms with Gasteiger partial charge in [-0.2, -0.15) is 0 Å². The summed E-state index contributed by atoms with van der Waals surface area (Å²) in [6.45, 7) is 1.89. The third kappa shape index (κ3) is 3.67. The summed E-state index contributed by atoms with van der Waals surface area (Å²) in [6.07, 6.45) is 0. The summed E-state index contributed by atoms with van der Waals surface area (Å²) in [5.41, 5.74) is 1.31. The maximum absolute atomic E-state index is 13.6. The van der Waals surface area contributed by atoms with Gasteiger partial charge in [0, 0.05) is 11.3 Å². The van der Waals surface area contributed by atoms with Gasteiger partial charge in [0.1, 0.15) is 5.82 Å². The lowest BCUT2D eigenvalue weighted by Gasteiger charge is -2.15. The van der Waals surface area contributed by atoms with E-state index in [1.807, 2.05) is 6.92 Å². The summed E-state index contributed by atoms with van der Waals surface area (Å²) in [6, 6.07) is 5.79. The molecule has 21 heavy (non-hydrogen) atoms. The molecule has 0 aliphatic rings. The Kier molecular flexibility index (Phi) is 5.08. The Morgan fingerprint density at radius 2 is 2.10 bits per heavy atom. The number of carbonyl (C=O) groups is 1. The molecule has 7 heteroatoms. The van der Waals surface area contributed by atoms with Gasteiger partial charge >= 0.3 is 5.97 Å². The van der Waals surface area contributed by atoms with E-state index < -0.39 is 11.8 Å². The molecule has 0 amide bonds. The van der Waals surface area contributed by atoms with Crippen molar-refractivity contribution in [1.82, 2.24) is 0 Å². The number of thiophene rings is 1. The number of halogens is 3. The first-order valence-electron chi connectivity index (χ1n) is 6.01. The molecule has 1 atom stereocenters. The normalized spacial score (nSPS) is 12.0. The average Bonchev–Trinajstić information content (AvgIpc) is 2.79. The number of rotatable bonds is 4. The lowest BCUT2D eigenvalue weighted by atomic mass is 10.1. The summed E-state index contributed by atoms with van der Waals surface area (Å²) in [7, 11) is 1.21. The molecule has 1 aromatic heterocycles. The Bertz CT molecular complexity index is 675. The fourth-order valence-corrected chi connectivity index (χ4v) is 3.50. The third-order valence-electron chi connectivity index (χ3n) is 2.90. The second kappa shape index (κ2) is 6.64. The topological polar surface area (TPSA) is 38.3 Å². The van der Waals surface area contributed by atoms with Crippen LogP contribution in [-0.2, 0) is 4.74 Å². The first-order chi connectivity index (χ1) is 9.92. The SMILES string of the molecule is COC(=O)c1cc(NC(C)c2cc(Cl)sc2Cl)ccc1F. The molecule has 2 aromatic rings. The molecule has 112 valence electrons. The van der Waals surface area contributed by atoms with Crippen molar-refractivity contribution in [2.75, 3.05) is 12.4 Å². The zero-order valence-corrected chi connectivity index (χ0v) is 13.6. The molecule has 0 aliphatic carbocycles. The van der Waals surface area contributed by atoms with Gasteiger partial charge in [-0.3, -0.25) is 0 Å². The van der Waals surface area contributed by atoms with Crippen LogP contribution in [0.1, 0.15) is 28.9 Å². The molecule has 0 saturated carbocycles. The van der Waals surface area contributed by atoms with Crippen molar-refractivity contribution in [3.05, 3.63) is 49.9 Å². The van der Waals surface area contributed by atoms with E-state index in [0.717, 1.165) is 5.56 Å². The molecule has 0 aliphatic heterocycles. The van der Waals surface area contributed by atoms with Crippen LogP contribution in [-0.4, -0.2) is 13.1 Å². The molecule has 0 radical (unpaired) electrons. The van der Waals surface area contributed by atoms with Crippen molar-refractivity contribution < 1.29 is 13.9 Å². The minimum atomic E-state index is -0.722. The van der Waals surface area contributed by atoms with Gasteiger partial charge in [0.2, 0.25) is 0 Å². The van der Waals surface area contributed by atoms with Gasteiger partial charge < -0.3 is 10.1 Å². The Morgan fingerprint density at radius 3 is 2.67 bits per heavy atom. The molecule has 1 unspecified atom stereocenters. The third-order valence-corrected chi connectivity index (χ3v) is 4.42. The number of hydrogen-bond donors (Lipinski definition) is 1. The number of carbonyl (C=O) groups excluding carboxylic acids is 1. The highest BCUT2D eigenvalue weighted by Crippen LogP contribution is 2.36. The van der Waals surface area contributed by atoms with Gasteiger partial charge in [-0.1, -0.05) is 23.2 Å². The van der Waals surface area contributed by atoms with E-state index >= 15 is 0 Å². The molecule has 1 aromatic carbocycles. The van der Waals surface area contributed by atoms with E-state index in [1.165, 1.54) is 30.6 Å². The first-order valence-corrected chi connectivity index (χ1v) is 7.58. The highest BCUT2D eigenvalue weighted by molar-refractivity contribution is 7.20. The predicted octanol–water partition coefficient (Wildman–Crippen LogP) is 5.15. The van der Waals surface area contributed by atoms with Crippen LogP contribution >= 0.6 is 34.5 Å². The second-order valence-corrected chi connectivity index (χ2v) is 6.62. The van der Waals surface area contributed by atoms with E-state index in [-0.39, 0.29) is 11.6 Å². The van der Waals surface area contributed by atoms with Crippen LogP contribution in [0.25, 0.3) is 0 Å². The van der Waals surface area contributed by atoms with E-state index in [9.17, 15) is 9.18 Å². The lowest BCUT2D eigenvalue weighted by Crippen LogP contribution is -2.09. The summed E-state index contributed by atoms with van der Waals surface area (Å²) in [4.78, 5) is 11.5. The van der Waals surface area contributed by atoms with Gasteiger partial charge in [-0.05, 0) is 31.2 Å². The lowest BCUT2D eigenvalue weighted by molar-refractivity contribution is 0.0595. The van der Waals surface area contributed by atoms with E-state index in [1.54, 1.807) is 12.1 Å². The molecule has 0 saturated heterocycles. The average molecular weight is 348 g/mol. The Balaban J connectivity index is 2.23. The Labute approximate surface area is 135 Å². The molecular formula is C14H12Cl2FNO2S. The quantitative estimate of drug-likeness (QED) is 0.776. The molecule has 0 bridgehead atoms. The van der Waals surface area contributed by atoms with Crippen LogP contribution in [0, 0.1) is 5.82 Å². The molecule has 1 heterocycles. The monoisotopic (exact) mass is 347 g/mol. The number of methoxy groups -OCH3 is 1. The molecule has 1 N–H and O–H groups in total. The smallest absolute Gasteiger partial charge is 0.340 e. The van der Waals surface area contributed by atoms with Gasteiger partial charge in [-0.15, -0.1) is 11.3 Å². The van der Waals surface area contributed by atoms with Crippen molar-refractivity contribution in [2.45, 2.75) is 13.0 Å². The minimum absolute atomic E-state index is 0.121. The molecule has 3 nitrogen and oxygen atoms in total. The van der Waals surface area contributed by atoms with Crippen molar-refractivity contribution >= 4 is 46.2 Å². The van der Waals surface area contributed by atoms with Crippen LogP contribution in [0.5, 0.6) is 0 Å². The van der Waals surface area contributed by atoms with Crippen LogP contribution in [0.15, 0.2) is 24.3 Å². The fourth-order valence-electron chi connectivity index (χ4n) is 1.86. The minimum Gasteiger partial charge on any atom is -0.465 e. The van der Waals surface area contributed by atoms with Crippen molar-refractivity contribution in [3.8, 4) is 0 Å². The summed E-state index contributed by atoms with van der Waals surface area (Å²) in [5, 5.41) is 3.15. The number of anilines is 1.